The molecule has 1 aliphatic heterocycles. The summed E-state index contributed by atoms with van der Waals surface area (Å²) in [6.45, 7) is 4.80. The van der Waals surface area contributed by atoms with E-state index in [9.17, 15) is 28.7 Å². The largest absolute Gasteiger partial charge is 0.463 e. The second-order valence-corrected chi connectivity index (χ2v) is 12.1. The summed E-state index contributed by atoms with van der Waals surface area (Å²) in [5.74, 6) is -3.26. The number of nitrogens with one attached hydrogen (secondary N) is 1. The van der Waals surface area contributed by atoms with Gasteiger partial charge in [0.1, 0.15) is 35.8 Å². The Morgan fingerprint density at radius 3 is 2.62 bits per heavy atom. The van der Waals surface area contributed by atoms with Crippen LogP contribution in [0.3, 0.4) is 0 Å². The van der Waals surface area contributed by atoms with Gasteiger partial charge in [0.05, 0.1) is 23.8 Å². The van der Waals surface area contributed by atoms with Crippen LogP contribution in [0.2, 0.25) is 0 Å². The molecule has 1 fully saturated rings. The number of carbonyl (C=O) groups is 2. The van der Waals surface area contributed by atoms with Gasteiger partial charge in [0, 0.05) is 23.7 Å². The Morgan fingerprint density at radius 1 is 1.24 bits per heavy atom. The van der Waals surface area contributed by atoms with E-state index < -0.39 is 64.7 Å². The summed E-state index contributed by atoms with van der Waals surface area (Å²) in [7, 11) is 1.24. The summed E-state index contributed by atoms with van der Waals surface area (Å²) >= 11 is 1.90. The van der Waals surface area contributed by atoms with E-state index in [0.717, 1.165) is 15.5 Å². The Hall–Kier alpha value is -3.60. The van der Waals surface area contributed by atoms with Gasteiger partial charge in [0.2, 0.25) is 5.82 Å². The van der Waals surface area contributed by atoms with Crippen LogP contribution in [0.4, 0.5) is 25.0 Å². The quantitative estimate of drug-likeness (QED) is 0.281. The van der Waals surface area contributed by atoms with E-state index in [1.165, 1.54) is 24.1 Å². The summed E-state index contributed by atoms with van der Waals surface area (Å²) in [5, 5.41) is 12.7. The molecule has 4 rings (SSSR count). The molecule has 15 heteroatoms. The van der Waals surface area contributed by atoms with Crippen molar-refractivity contribution >= 4 is 57.1 Å². The highest BCUT2D eigenvalue weighted by molar-refractivity contribution is 14.1. The van der Waals surface area contributed by atoms with Crippen LogP contribution in [0.15, 0.2) is 34.1 Å². The molecule has 0 saturated carbocycles. The molecule has 2 aromatic heterocycles. The summed E-state index contributed by atoms with van der Waals surface area (Å²) in [4.78, 5) is 56.2. The predicted molar refractivity (Wildman–Crippen MR) is 156 cm³/mol. The van der Waals surface area contributed by atoms with Gasteiger partial charge in [-0.1, -0.05) is 0 Å². The van der Waals surface area contributed by atoms with Crippen molar-refractivity contribution in [1.82, 2.24) is 19.0 Å². The molecule has 2 atom stereocenters. The molecule has 0 spiro atoms. The minimum Gasteiger partial charge on any atom is -0.463 e. The average molecular weight is 701 g/mol. The molecule has 226 valence electrons. The number of amides is 1. The number of nitrogens with zero attached hydrogens (tertiary/aromatic N) is 4. The van der Waals surface area contributed by atoms with Crippen molar-refractivity contribution < 1.29 is 33.0 Å². The number of pyridine rings is 1. The van der Waals surface area contributed by atoms with Crippen LogP contribution in [0.5, 0.6) is 0 Å². The molecule has 1 aliphatic rings. The standard InChI is InChI=1S/C27H30F2IN5O7/c1-27(2,3)42-26(40)34-8-7-14(10-34)25(39)41-12-16(36)11-35-13-31-22-19(23(35)37)21(20(29)24(38)33(22)4)32-18-6-5-15(30)9-17(18)28/h5-6,9,13-14,16,32,36H,7-8,10-12H2,1-4H3/t14-,16+/m0/s1. The predicted octanol–water partition coefficient (Wildman–Crippen LogP) is 2.88. The molecule has 3 aromatic rings. The van der Waals surface area contributed by atoms with E-state index in [2.05, 4.69) is 10.3 Å². The molecule has 1 saturated heterocycles. The molecule has 12 nitrogen and oxygen atoms in total. The molecule has 0 bridgehead atoms. The second kappa shape index (κ2) is 12.3. The number of rotatable bonds is 7. The first kappa shape index (κ1) is 31.3. The number of aryl methyl sites for hydroxylation is 1. The molecule has 1 amide bonds. The van der Waals surface area contributed by atoms with Crippen molar-refractivity contribution in [2.45, 2.75) is 45.4 Å². The van der Waals surface area contributed by atoms with E-state index in [-0.39, 0.29) is 29.8 Å². The molecule has 0 unspecified atom stereocenters. The Kier molecular flexibility index (Phi) is 9.20. The molecule has 2 N–H and O–H groups in total. The fourth-order valence-electron chi connectivity index (χ4n) is 4.41. The third-order valence-electron chi connectivity index (χ3n) is 6.49. The Morgan fingerprint density at radius 2 is 1.95 bits per heavy atom. The average Bonchev–Trinajstić information content (AvgIpc) is 3.41. The summed E-state index contributed by atoms with van der Waals surface area (Å²) < 4.78 is 42.6. The van der Waals surface area contributed by atoms with Crippen molar-refractivity contribution in [3.8, 4) is 0 Å². The van der Waals surface area contributed by atoms with E-state index in [1.54, 1.807) is 26.8 Å². The zero-order valence-electron chi connectivity index (χ0n) is 23.3. The maximum absolute atomic E-state index is 15.1. The summed E-state index contributed by atoms with van der Waals surface area (Å²) in [6.07, 6.45) is -0.452. The number of benzene rings is 1. The van der Waals surface area contributed by atoms with Gasteiger partial charge in [0.25, 0.3) is 11.1 Å². The number of hydrogen-bond donors (Lipinski definition) is 2. The van der Waals surface area contributed by atoms with Crippen LogP contribution in [-0.2, 0) is 27.9 Å². The minimum absolute atomic E-state index is 0.110. The first-order valence-corrected chi connectivity index (χ1v) is 14.1. The third-order valence-corrected chi connectivity index (χ3v) is 7.16. The highest BCUT2D eigenvalue weighted by Gasteiger charge is 2.34. The fraction of sp³-hybridized carbons (Fsp3) is 0.444. The van der Waals surface area contributed by atoms with Crippen LogP contribution in [0.1, 0.15) is 27.2 Å². The number of aromatic nitrogens is 3. The SMILES string of the molecule is Cn1c(=O)c(F)c(Nc2ccc(I)cc2F)c2c(=O)n(C[C@@H](O)COC(=O)[C@H]3CCN(C(=O)OC(C)(C)C)C3)cnc21. The summed E-state index contributed by atoms with van der Waals surface area (Å²) in [6, 6.07) is 4.09. The van der Waals surface area contributed by atoms with Crippen LogP contribution < -0.4 is 16.4 Å². The van der Waals surface area contributed by atoms with Gasteiger partial charge in [-0.05, 0) is 68.0 Å². The zero-order valence-corrected chi connectivity index (χ0v) is 25.5. The highest BCUT2D eigenvalue weighted by atomic mass is 127. The highest BCUT2D eigenvalue weighted by Crippen LogP contribution is 2.27. The second-order valence-electron chi connectivity index (χ2n) is 10.9. The number of ether oxygens (including phenoxy) is 2. The number of fused-ring (bicyclic) bond motifs is 1. The normalized spacial score (nSPS) is 16.0. The first-order valence-electron chi connectivity index (χ1n) is 13.0. The van der Waals surface area contributed by atoms with Crippen molar-refractivity contribution in [2.24, 2.45) is 13.0 Å². The number of aliphatic hydroxyl groups excluding tert-OH is 1. The number of anilines is 2. The number of aliphatic hydroxyl groups is 1. The van der Waals surface area contributed by atoms with Gasteiger partial charge in [-0.3, -0.25) is 23.5 Å². The molecular formula is C27H30F2IN5O7. The van der Waals surface area contributed by atoms with E-state index in [0.29, 0.717) is 16.5 Å². The topological polar surface area (TPSA) is 145 Å². The zero-order chi connectivity index (χ0) is 30.9. The van der Waals surface area contributed by atoms with Gasteiger partial charge in [-0.2, -0.15) is 4.39 Å². The lowest BCUT2D eigenvalue weighted by Crippen LogP contribution is -2.36. The van der Waals surface area contributed by atoms with Crippen LogP contribution in [0, 0.1) is 21.1 Å². The lowest BCUT2D eigenvalue weighted by Gasteiger charge is -2.24. The number of halogens is 3. The number of hydrogen-bond acceptors (Lipinski definition) is 9. The molecule has 42 heavy (non-hydrogen) atoms. The monoisotopic (exact) mass is 701 g/mol. The smallest absolute Gasteiger partial charge is 0.410 e. The van der Waals surface area contributed by atoms with E-state index in [4.69, 9.17) is 9.47 Å². The minimum atomic E-state index is -1.35. The van der Waals surface area contributed by atoms with Gasteiger partial charge in [-0.25, -0.2) is 14.2 Å². The van der Waals surface area contributed by atoms with Gasteiger partial charge >= 0.3 is 12.1 Å². The Balaban J connectivity index is 1.49. The van der Waals surface area contributed by atoms with Crippen LogP contribution >= 0.6 is 22.6 Å². The molecule has 3 heterocycles. The van der Waals surface area contributed by atoms with Crippen LogP contribution in [0.25, 0.3) is 11.0 Å². The summed E-state index contributed by atoms with van der Waals surface area (Å²) in [5.41, 5.74) is -3.46. The fourth-order valence-corrected chi connectivity index (χ4v) is 4.86. The molecule has 0 aliphatic carbocycles. The maximum Gasteiger partial charge on any atom is 0.410 e. The van der Waals surface area contributed by atoms with E-state index in [1.807, 2.05) is 22.6 Å². The van der Waals surface area contributed by atoms with E-state index >= 15 is 4.39 Å². The van der Waals surface area contributed by atoms with Crippen molar-refractivity contribution in [3.63, 3.8) is 0 Å². The van der Waals surface area contributed by atoms with Crippen LogP contribution in [-0.4, -0.2) is 67.6 Å². The van der Waals surface area contributed by atoms with Gasteiger partial charge in [-0.15, -0.1) is 0 Å². The van der Waals surface area contributed by atoms with Crippen molar-refractivity contribution in [1.29, 1.82) is 0 Å². The molecule has 1 aromatic carbocycles. The Bertz CT molecular complexity index is 1650. The molecule has 0 radical (unpaired) electrons. The number of likely N-dealkylation sites (tertiary alicyclic amines) is 1. The lowest BCUT2D eigenvalue weighted by atomic mass is 10.1. The van der Waals surface area contributed by atoms with Crippen molar-refractivity contribution in [2.75, 3.05) is 25.0 Å². The van der Waals surface area contributed by atoms with Gasteiger partial charge < -0.3 is 24.8 Å². The van der Waals surface area contributed by atoms with Crippen molar-refractivity contribution in [3.05, 3.63) is 60.4 Å². The third kappa shape index (κ3) is 6.88. The van der Waals surface area contributed by atoms with Gasteiger partial charge in [0.15, 0.2) is 5.65 Å². The maximum atomic E-state index is 15.1. The number of carbonyl (C=O) groups excluding carboxylic acids is 2. The lowest BCUT2D eigenvalue weighted by molar-refractivity contribution is -0.151. The number of esters is 1. The molecular weight excluding hydrogens is 671 g/mol. The Labute approximate surface area is 252 Å². The first-order chi connectivity index (χ1) is 19.7.